The fraction of sp³-hybridized carbons (Fsp3) is 0.438. The van der Waals surface area contributed by atoms with Crippen molar-refractivity contribution in [3.8, 4) is 0 Å². The summed E-state index contributed by atoms with van der Waals surface area (Å²) in [5, 5.41) is 0. The molecule has 0 bridgehead atoms. The summed E-state index contributed by atoms with van der Waals surface area (Å²) in [6, 6.07) is 8.69. The highest BCUT2D eigenvalue weighted by atomic mass is 15.1. The van der Waals surface area contributed by atoms with Crippen LogP contribution >= 0.6 is 0 Å². The highest BCUT2D eigenvalue weighted by Crippen LogP contribution is 2.16. The third-order valence-electron chi connectivity index (χ3n) is 3.56. The highest BCUT2D eigenvalue weighted by molar-refractivity contribution is 5.47. The number of aryl methyl sites for hydroxylation is 2. The molecule has 0 aliphatic rings. The number of nitrogens with zero attached hydrogens (tertiary/aromatic N) is 3. The van der Waals surface area contributed by atoms with Gasteiger partial charge in [0.2, 0.25) is 0 Å². The Morgan fingerprint density at radius 3 is 2.55 bits per heavy atom. The van der Waals surface area contributed by atoms with E-state index in [1.165, 1.54) is 11.3 Å². The zero-order valence-electron chi connectivity index (χ0n) is 12.4. The lowest BCUT2D eigenvalue weighted by atomic mass is 10.2. The molecular weight excluding hydrogens is 248 g/mol. The Labute approximate surface area is 121 Å². The Morgan fingerprint density at radius 2 is 1.95 bits per heavy atom. The van der Waals surface area contributed by atoms with E-state index in [4.69, 9.17) is 5.73 Å². The first-order chi connectivity index (χ1) is 9.70. The predicted molar refractivity (Wildman–Crippen MR) is 84.0 cm³/mol. The van der Waals surface area contributed by atoms with Crippen LogP contribution in [-0.4, -0.2) is 29.2 Å². The van der Waals surface area contributed by atoms with Gasteiger partial charge >= 0.3 is 0 Å². The smallest absolute Gasteiger partial charge is 0.110 e. The third kappa shape index (κ3) is 3.84. The molecule has 0 aliphatic carbocycles. The van der Waals surface area contributed by atoms with Gasteiger partial charge < -0.3 is 15.2 Å². The van der Waals surface area contributed by atoms with Gasteiger partial charge in [-0.05, 0) is 32.0 Å². The van der Waals surface area contributed by atoms with E-state index in [9.17, 15) is 0 Å². The zero-order chi connectivity index (χ0) is 14.4. The number of hydrogen-bond donors (Lipinski definition) is 1. The van der Waals surface area contributed by atoms with Crippen molar-refractivity contribution in [2.75, 3.05) is 24.5 Å². The maximum absolute atomic E-state index is 5.65. The minimum atomic E-state index is 0.727. The molecule has 4 nitrogen and oxygen atoms in total. The van der Waals surface area contributed by atoms with Crippen molar-refractivity contribution in [1.29, 1.82) is 0 Å². The van der Waals surface area contributed by atoms with Crippen molar-refractivity contribution in [3.63, 3.8) is 0 Å². The SMILES string of the molecule is Cc1ccc(N(CCCN)CCc2nccn2C)cc1. The molecule has 0 spiro atoms. The average molecular weight is 272 g/mol. The first-order valence-corrected chi connectivity index (χ1v) is 7.18. The fourth-order valence-corrected chi connectivity index (χ4v) is 2.28. The fourth-order valence-electron chi connectivity index (χ4n) is 2.28. The quantitative estimate of drug-likeness (QED) is 0.840. The molecule has 0 atom stereocenters. The molecule has 0 amide bonds. The summed E-state index contributed by atoms with van der Waals surface area (Å²) in [5.74, 6) is 1.12. The van der Waals surface area contributed by atoms with E-state index < -0.39 is 0 Å². The van der Waals surface area contributed by atoms with E-state index in [1.54, 1.807) is 0 Å². The second kappa shape index (κ2) is 7.10. The van der Waals surface area contributed by atoms with Crippen LogP contribution in [0.5, 0.6) is 0 Å². The van der Waals surface area contributed by atoms with Crippen LogP contribution < -0.4 is 10.6 Å². The number of aromatic nitrogens is 2. The molecule has 2 N–H and O–H groups in total. The van der Waals surface area contributed by atoms with E-state index in [0.717, 1.165) is 38.3 Å². The summed E-state index contributed by atoms with van der Waals surface area (Å²) in [6.07, 6.45) is 5.80. The minimum Gasteiger partial charge on any atom is -0.371 e. The van der Waals surface area contributed by atoms with Crippen molar-refractivity contribution in [1.82, 2.24) is 9.55 Å². The topological polar surface area (TPSA) is 47.1 Å². The maximum Gasteiger partial charge on any atom is 0.110 e. The van der Waals surface area contributed by atoms with Crippen LogP contribution in [0.4, 0.5) is 5.69 Å². The monoisotopic (exact) mass is 272 g/mol. The molecule has 1 aromatic carbocycles. The summed E-state index contributed by atoms with van der Waals surface area (Å²) < 4.78 is 2.08. The van der Waals surface area contributed by atoms with Gasteiger partial charge in [-0.3, -0.25) is 0 Å². The Hall–Kier alpha value is -1.81. The number of benzene rings is 1. The van der Waals surface area contributed by atoms with Gasteiger partial charge in [-0.25, -0.2) is 4.98 Å². The van der Waals surface area contributed by atoms with Crippen molar-refractivity contribution in [2.45, 2.75) is 19.8 Å². The second-order valence-corrected chi connectivity index (χ2v) is 5.17. The molecule has 1 aromatic heterocycles. The Kier molecular flexibility index (Phi) is 5.18. The molecular formula is C16H24N4. The number of nitrogens with two attached hydrogens (primary N) is 1. The summed E-state index contributed by atoms with van der Waals surface area (Å²) in [4.78, 5) is 6.78. The largest absolute Gasteiger partial charge is 0.371 e. The molecule has 2 rings (SSSR count). The van der Waals surface area contributed by atoms with E-state index in [1.807, 2.05) is 19.4 Å². The molecule has 2 aromatic rings. The van der Waals surface area contributed by atoms with E-state index in [0.29, 0.717) is 0 Å². The normalized spacial score (nSPS) is 10.8. The Bertz CT molecular complexity index is 516. The Balaban J connectivity index is 2.03. The molecule has 20 heavy (non-hydrogen) atoms. The molecule has 108 valence electrons. The third-order valence-corrected chi connectivity index (χ3v) is 3.56. The minimum absolute atomic E-state index is 0.727. The Morgan fingerprint density at radius 1 is 1.20 bits per heavy atom. The summed E-state index contributed by atoms with van der Waals surface area (Å²) in [5.41, 5.74) is 8.20. The van der Waals surface area contributed by atoms with Gasteiger partial charge in [0, 0.05) is 44.6 Å². The average Bonchev–Trinajstić information content (AvgIpc) is 2.86. The standard InChI is InChI=1S/C16H24N4/c1-14-4-6-15(7-5-14)20(11-3-9-17)12-8-16-18-10-13-19(16)2/h4-7,10,13H,3,8-9,11-12,17H2,1-2H3. The maximum atomic E-state index is 5.65. The lowest BCUT2D eigenvalue weighted by Gasteiger charge is -2.24. The second-order valence-electron chi connectivity index (χ2n) is 5.17. The lowest BCUT2D eigenvalue weighted by molar-refractivity contribution is 0.697. The van der Waals surface area contributed by atoms with Crippen LogP contribution in [-0.2, 0) is 13.5 Å². The van der Waals surface area contributed by atoms with Gasteiger partial charge in [-0.2, -0.15) is 0 Å². The van der Waals surface area contributed by atoms with Crippen molar-refractivity contribution < 1.29 is 0 Å². The van der Waals surface area contributed by atoms with Crippen LogP contribution in [0.15, 0.2) is 36.7 Å². The van der Waals surface area contributed by atoms with Gasteiger partial charge in [0.25, 0.3) is 0 Å². The van der Waals surface area contributed by atoms with Gasteiger partial charge in [0.15, 0.2) is 0 Å². The summed E-state index contributed by atoms with van der Waals surface area (Å²) in [6.45, 7) is 4.80. The van der Waals surface area contributed by atoms with Crippen molar-refractivity contribution >= 4 is 5.69 Å². The van der Waals surface area contributed by atoms with E-state index >= 15 is 0 Å². The first-order valence-electron chi connectivity index (χ1n) is 7.18. The highest BCUT2D eigenvalue weighted by Gasteiger charge is 2.08. The van der Waals surface area contributed by atoms with Crippen LogP contribution in [0.25, 0.3) is 0 Å². The molecule has 1 heterocycles. The van der Waals surface area contributed by atoms with Gasteiger partial charge in [-0.15, -0.1) is 0 Å². The lowest BCUT2D eigenvalue weighted by Crippen LogP contribution is -2.29. The van der Waals surface area contributed by atoms with Crippen LogP contribution in [0, 0.1) is 6.92 Å². The van der Waals surface area contributed by atoms with Gasteiger partial charge in [-0.1, -0.05) is 17.7 Å². The van der Waals surface area contributed by atoms with E-state index in [2.05, 4.69) is 45.6 Å². The first kappa shape index (κ1) is 14.6. The van der Waals surface area contributed by atoms with Crippen LogP contribution in [0.1, 0.15) is 17.8 Å². The molecule has 0 saturated carbocycles. The van der Waals surface area contributed by atoms with Crippen LogP contribution in [0.3, 0.4) is 0 Å². The summed E-state index contributed by atoms with van der Waals surface area (Å²) >= 11 is 0. The predicted octanol–water partition coefficient (Wildman–Crippen LogP) is 2.13. The molecule has 0 aliphatic heterocycles. The van der Waals surface area contributed by atoms with Crippen molar-refractivity contribution in [2.24, 2.45) is 12.8 Å². The van der Waals surface area contributed by atoms with Gasteiger partial charge in [0.1, 0.15) is 5.82 Å². The van der Waals surface area contributed by atoms with E-state index in [-0.39, 0.29) is 0 Å². The van der Waals surface area contributed by atoms with Gasteiger partial charge in [0.05, 0.1) is 0 Å². The number of rotatable bonds is 7. The van der Waals surface area contributed by atoms with Crippen molar-refractivity contribution in [3.05, 3.63) is 48.0 Å². The molecule has 0 fully saturated rings. The van der Waals surface area contributed by atoms with Crippen LogP contribution in [0.2, 0.25) is 0 Å². The zero-order valence-corrected chi connectivity index (χ0v) is 12.4. The number of hydrogen-bond acceptors (Lipinski definition) is 3. The molecule has 0 radical (unpaired) electrons. The molecule has 0 unspecified atom stereocenters. The molecule has 0 saturated heterocycles. The summed E-state index contributed by atoms with van der Waals surface area (Å²) in [7, 11) is 2.04. The molecule has 4 heteroatoms. The number of anilines is 1. The number of imidazole rings is 1.